The first kappa shape index (κ1) is 15.9. The second-order valence-electron chi connectivity index (χ2n) is 5.65. The van der Waals surface area contributed by atoms with Crippen LogP contribution in [0.25, 0.3) is 0 Å². The number of allylic oxidation sites excluding steroid dienone is 2. The number of unbranched alkanes of at least 4 members (excludes halogenated alkanes) is 4. The Hall–Kier alpha value is -1.12. The van der Waals surface area contributed by atoms with Crippen LogP contribution in [0, 0.1) is 5.92 Å². The highest BCUT2D eigenvalue weighted by molar-refractivity contribution is 4.94. The van der Waals surface area contributed by atoms with Crippen LogP contribution >= 0.6 is 0 Å². The van der Waals surface area contributed by atoms with E-state index in [1.165, 1.54) is 44.2 Å². The minimum absolute atomic E-state index is 0.745. The molecule has 0 aliphatic heterocycles. The molecule has 0 aliphatic carbocycles. The maximum Gasteiger partial charge on any atom is 0.0725 e. The Labute approximate surface area is 118 Å². The standard InChI is InChI=1S/C16H29N3/c1-4-5-6-7-8-9-10-13-19-16(14-17-18-19)12-11-15(2)3/h4-5,14-15H,6-13H2,1-3H3/b5-4-. The lowest BCUT2D eigenvalue weighted by Gasteiger charge is -2.07. The van der Waals surface area contributed by atoms with Gasteiger partial charge < -0.3 is 0 Å². The van der Waals surface area contributed by atoms with Crippen molar-refractivity contribution in [2.45, 2.75) is 72.3 Å². The lowest BCUT2D eigenvalue weighted by atomic mass is 10.1. The maximum absolute atomic E-state index is 4.20. The molecule has 0 unspecified atom stereocenters. The van der Waals surface area contributed by atoms with Gasteiger partial charge in [-0.1, -0.05) is 44.1 Å². The lowest BCUT2D eigenvalue weighted by Crippen LogP contribution is -2.06. The molecule has 3 nitrogen and oxygen atoms in total. The van der Waals surface area contributed by atoms with Crippen LogP contribution in [0.2, 0.25) is 0 Å². The molecule has 3 heteroatoms. The fourth-order valence-corrected chi connectivity index (χ4v) is 2.14. The molecular formula is C16H29N3. The normalized spacial score (nSPS) is 11.8. The summed E-state index contributed by atoms with van der Waals surface area (Å²) < 4.78 is 2.09. The Morgan fingerprint density at radius 2 is 2.00 bits per heavy atom. The van der Waals surface area contributed by atoms with E-state index in [1.54, 1.807) is 0 Å². The summed E-state index contributed by atoms with van der Waals surface area (Å²) in [6.07, 6.45) is 15.0. The number of hydrogen-bond acceptors (Lipinski definition) is 2. The summed E-state index contributed by atoms with van der Waals surface area (Å²) >= 11 is 0. The highest BCUT2D eigenvalue weighted by atomic mass is 15.4. The molecule has 0 aliphatic rings. The van der Waals surface area contributed by atoms with Gasteiger partial charge in [-0.05, 0) is 44.9 Å². The fraction of sp³-hybridized carbons (Fsp3) is 0.750. The molecule has 19 heavy (non-hydrogen) atoms. The lowest BCUT2D eigenvalue weighted by molar-refractivity contribution is 0.494. The molecule has 0 saturated carbocycles. The minimum atomic E-state index is 0.745. The summed E-state index contributed by atoms with van der Waals surface area (Å²) in [7, 11) is 0. The van der Waals surface area contributed by atoms with Crippen molar-refractivity contribution in [3.05, 3.63) is 24.0 Å². The van der Waals surface area contributed by atoms with E-state index in [2.05, 4.69) is 47.9 Å². The van der Waals surface area contributed by atoms with Crippen molar-refractivity contribution in [3.8, 4) is 0 Å². The number of aryl methyl sites for hydroxylation is 2. The van der Waals surface area contributed by atoms with Gasteiger partial charge in [-0.2, -0.15) is 0 Å². The molecule has 1 rings (SSSR count). The zero-order valence-electron chi connectivity index (χ0n) is 12.8. The second-order valence-corrected chi connectivity index (χ2v) is 5.65. The molecule has 0 atom stereocenters. The fourth-order valence-electron chi connectivity index (χ4n) is 2.14. The topological polar surface area (TPSA) is 30.7 Å². The van der Waals surface area contributed by atoms with Gasteiger partial charge in [-0.25, -0.2) is 4.68 Å². The van der Waals surface area contributed by atoms with Crippen molar-refractivity contribution in [3.63, 3.8) is 0 Å². The van der Waals surface area contributed by atoms with Crippen molar-refractivity contribution in [1.82, 2.24) is 15.0 Å². The Morgan fingerprint density at radius 1 is 1.21 bits per heavy atom. The summed E-state index contributed by atoms with van der Waals surface area (Å²) in [5, 5.41) is 8.24. The third-order valence-corrected chi connectivity index (χ3v) is 3.40. The molecule has 0 aromatic carbocycles. The first-order chi connectivity index (χ1) is 9.24. The van der Waals surface area contributed by atoms with E-state index in [0.29, 0.717) is 0 Å². The van der Waals surface area contributed by atoms with Crippen LogP contribution in [0.3, 0.4) is 0 Å². The van der Waals surface area contributed by atoms with Gasteiger partial charge in [-0.15, -0.1) is 5.10 Å². The molecule has 1 aromatic heterocycles. The maximum atomic E-state index is 4.20. The number of hydrogen-bond donors (Lipinski definition) is 0. The third kappa shape index (κ3) is 7.14. The summed E-state index contributed by atoms with van der Waals surface area (Å²) in [6.45, 7) is 7.64. The quantitative estimate of drug-likeness (QED) is 0.463. The average molecular weight is 263 g/mol. The van der Waals surface area contributed by atoms with Gasteiger partial charge in [0.05, 0.1) is 11.9 Å². The van der Waals surface area contributed by atoms with Crippen LogP contribution in [0.1, 0.15) is 65.0 Å². The summed E-state index contributed by atoms with van der Waals surface area (Å²) in [4.78, 5) is 0. The van der Waals surface area contributed by atoms with E-state index in [1.807, 2.05) is 6.20 Å². The van der Waals surface area contributed by atoms with Crippen molar-refractivity contribution < 1.29 is 0 Å². The summed E-state index contributed by atoms with van der Waals surface area (Å²) in [6, 6.07) is 0. The Morgan fingerprint density at radius 3 is 2.74 bits per heavy atom. The monoisotopic (exact) mass is 263 g/mol. The summed E-state index contributed by atoms with van der Waals surface area (Å²) in [5.41, 5.74) is 1.29. The van der Waals surface area contributed by atoms with Gasteiger partial charge >= 0.3 is 0 Å². The zero-order chi connectivity index (χ0) is 13.9. The first-order valence-corrected chi connectivity index (χ1v) is 7.72. The molecular weight excluding hydrogens is 234 g/mol. The predicted octanol–water partition coefficient (Wildman–Crippen LogP) is 4.39. The number of rotatable bonds is 10. The van der Waals surface area contributed by atoms with E-state index in [0.717, 1.165) is 18.9 Å². The molecule has 1 heterocycles. The second kappa shape index (κ2) is 9.76. The number of aromatic nitrogens is 3. The Bertz CT molecular complexity index is 353. The minimum Gasteiger partial charge on any atom is -0.249 e. The van der Waals surface area contributed by atoms with Crippen LogP contribution in [0.15, 0.2) is 18.3 Å². The van der Waals surface area contributed by atoms with E-state index in [-0.39, 0.29) is 0 Å². The van der Waals surface area contributed by atoms with Crippen LogP contribution in [0.5, 0.6) is 0 Å². The SMILES string of the molecule is C/C=C\CCCCCCn1nncc1CCC(C)C. The molecule has 0 radical (unpaired) electrons. The van der Waals surface area contributed by atoms with Crippen LogP contribution < -0.4 is 0 Å². The molecule has 0 saturated heterocycles. The third-order valence-electron chi connectivity index (χ3n) is 3.40. The van der Waals surface area contributed by atoms with Gasteiger partial charge in [0, 0.05) is 6.54 Å². The zero-order valence-corrected chi connectivity index (χ0v) is 12.8. The van der Waals surface area contributed by atoms with Crippen LogP contribution in [-0.2, 0) is 13.0 Å². The van der Waals surface area contributed by atoms with E-state index >= 15 is 0 Å². The van der Waals surface area contributed by atoms with Gasteiger partial charge in [0.15, 0.2) is 0 Å². The molecule has 108 valence electrons. The smallest absolute Gasteiger partial charge is 0.0725 e. The van der Waals surface area contributed by atoms with Crippen molar-refractivity contribution in [1.29, 1.82) is 0 Å². The molecule has 0 N–H and O–H groups in total. The van der Waals surface area contributed by atoms with Crippen LogP contribution in [0.4, 0.5) is 0 Å². The molecule has 0 bridgehead atoms. The van der Waals surface area contributed by atoms with Gasteiger partial charge in [0.2, 0.25) is 0 Å². The van der Waals surface area contributed by atoms with E-state index in [9.17, 15) is 0 Å². The molecule has 0 spiro atoms. The van der Waals surface area contributed by atoms with Crippen LogP contribution in [-0.4, -0.2) is 15.0 Å². The van der Waals surface area contributed by atoms with E-state index < -0.39 is 0 Å². The molecule has 0 amide bonds. The highest BCUT2D eigenvalue weighted by Crippen LogP contribution is 2.10. The highest BCUT2D eigenvalue weighted by Gasteiger charge is 2.04. The van der Waals surface area contributed by atoms with Gasteiger partial charge in [0.25, 0.3) is 0 Å². The predicted molar refractivity (Wildman–Crippen MR) is 81.1 cm³/mol. The van der Waals surface area contributed by atoms with Gasteiger partial charge in [0.1, 0.15) is 0 Å². The van der Waals surface area contributed by atoms with E-state index in [4.69, 9.17) is 0 Å². The Kier molecular flexibility index (Phi) is 8.19. The first-order valence-electron chi connectivity index (χ1n) is 7.72. The van der Waals surface area contributed by atoms with Crippen molar-refractivity contribution >= 4 is 0 Å². The van der Waals surface area contributed by atoms with Gasteiger partial charge in [-0.3, -0.25) is 0 Å². The number of nitrogens with zero attached hydrogens (tertiary/aromatic N) is 3. The average Bonchev–Trinajstić information content (AvgIpc) is 2.83. The summed E-state index contributed by atoms with van der Waals surface area (Å²) in [5.74, 6) is 0.745. The molecule has 0 fully saturated rings. The Balaban J connectivity index is 2.16. The van der Waals surface area contributed by atoms with Crippen molar-refractivity contribution in [2.24, 2.45) is 5.92 Å². The largest absolute Gasteiger partial charge is 0.249 e. The van der Waals surface area contributed by atoms with Crippen molar-refractivity contribution in [2.75, 3.05) is 0 Å². The molecule has 1 aromatic rings.